The van der Waals surface area contributed by atoms with Crippen LogP contribution in [0.4, 0.5) is 22.0 Å². The second-order valence-electron chi connectivity index (χ2n) is 11.8. The van der Waals surface area contributed by atoms with E-state index in [1.807, 2.05) is 6.07 Å². The standard InChI is InChI=1S/C29H31F5N4O5S/c30-17-10-15(11-18(31)21(17)32)19-12-38(37-36-19)23-24(40)20(13-39)43-27(25(23)41)44-26(28(42)5-7-29(33,34)8-6-28)22-16(14-3-4-14)2-1-9-35-22/h1-2,9-12,14,20,23-27,39-42H,3-8,13H2/t20-,23+,24+,25-,26-,27+/m1/s1. The van der Waals surface area contributed by atoms with Crippen LogP contribution in [0.5, 0.6) is 0 Å². The Balaban J connectivity index is 1.34. The fourth-order valence-electron chi connectivity index (χ4n) is 6.03. The lowest BCUT2D eigenvalue weighted by Crippen LogP contribution is -2.55. The molecule has 1 aromatic carbocycles. The molecule has 0 unspecified atom stereocenters. The minimum atomic E-state index is -2.93. The topological polar surface area (TPSA) is 134 Å². The smallest absolute Gasteiger partial charge is 0.248 e. The molecule has 0 spiro atoms. The van der Waals surface area contributed by atoms with Crippen molar-refractivity contribution in [2.24, 2.45) is 0 Å². The summed E-state index contributed by atoms with van der Waals surface area (Å²) in [6.07, 6.45) is -1.29. The number of rotatable bonds is 8. The van der Waals surface area contributed by atoms with E-state index in [9.17, 15) is 42.4 Å². The normalized spacial score (nSPS) is 29.0. The van der Waals surface area contributed by atoms with E-state index >= 15 is 0 Å². The van der Waals surface area contributed by atoms with E-state index in [1.54, 1.807) is 12.3 Å². The minimum absolute atomic E-state index is 0.0867. The summed E-state index contributed by atoms with van der Waals surface area (Å²) in [6.45, 7) is -0.671. The van der Waals surface area contributed by atoms with Gasteiger partial charge in [-0.1, -0.05) is 11.3 Å². The molecule has 2 aliphatic carbocycles. The monoisotopic (exact) mass is 642 g/mol. The van der Waals surface area contributed by atoms with Gasteiger partial charge in [0.2, 0.25) is 5.92 Å². The molecule has 44 heavy (non-hydrogen) atoms. The maximum Gasteiger partial charge on any atom is 0.248 e. The van der Waals surface area contributed by atoms with Gasteiger partial charge in [0.15, 0.2) is 17.5 Å². The third kappa shape index (κ3) is 5.97. The van der Waals surface area contributed by atoms with Gasteiger partial charge < -0.3 is 25.2 Å². The molecule has 1 aliphatic heterocycles. The summed E-state index contributed by atoms with van der Waals surface area (Å²) in [5, 5.41) is 51.4. The fourth-order valence-corrected chi connectivity index (χ4v) is 7.64. The van der Waals surface area contributed by atoms with Gasteiger partial charge in [0.05, 0.1) is 29.3 Å². The molecule has 0 bridgehead atoms. The molecule has 0 amide bonds. The molecule has 3 aliphatic rings. The Morgan fingerprint density at radius 2 is 1.73 bits per heavy atom. The Morgan fingerprint density at radius 3 is 2.36 bits per heavy atom. The Morgan fingerprint density at radius 1 is 1.05 bits per heavy atom. The molecular formula is C29H31F5N4O5S. The molecule has 1 saturated heterocycles. The number of hydrogen-bond acceptors (Lipinski definition) is 9. The van der Waals surface area contributed by atoms with Crippen LogP contribution in [0.25, 0.3) is 11.3 Å². The van der Waals surface area contributed by atoms with Crippen molar-refractivity contribution in [3.8, 4) is 11.3 Å². The van der Waals surface area contributed by atoms with E-state index in [1.165, 1.54) is 6.20 Å². The molecule has 2 aromatic heterocycles. The molecule has 9 nitrogen and oxygen atoms in total. The highest BCUT2D eigenvalue weighted by molar-refractivity contribution is 8.00. The number of alkyl halides is 2. The van der Waals surface area contributed by atoms with Crippen LogP contribution >= 0.6 is 11.8 Å². The van der Waals surface area contributed by atoms with Crippen molar-refractivity contribution in [2.75, 3.05) is 6.61 Å². The number of aliphatic hydroxyl groups excluding tert-OH is 3. The first-order valence-electron chi connectivity index (χ1n) is 14.3. The van der Waals surface area contributed by atoms with Crippen molar-refractivity contribution in [3.63, 3.8) is 0 Å². The van der Waals surface area contributed by atoms with Gasteiger partial charge in [-0.3, -0.25) is 4.98 Å². The SMILES string of the molecule is OC[C@H]1O[C@@H](S[C@H](c2ncccc2C2CC2)C2(O)CCC(F)(F)CC2)[C@H](O)[C@@H](n2cc(-c3cc(F)c(F)c(F)c3)nn2)[C@H]1O. The van der Waals surface area contributed by atoms with Crippen LogP contribution in [0, 0.1) is 17.5 Å². The van der Waals surface area contributed by atoms with E-state index < -0.39 is 83.5 Å². The average molecular weight is 643 g/mol. The quantitative estimate of drug-likeness (QED) is 0.212. The number of thioether (sulfide) groups is 1. The van der Waals surface area contributed by atoms with Crippen LogP contribution in [0.15, 0.2) is 36.7 Å². The number of pyridine rings is 1. The summed E-state index contributed by atoms with van der Waals surface area (Å²) >= 11 is 0.966. The Kier molecular flexibility index (Phi) is 8.47. The molecule has 2 saturated carbocycles. The number of aliphatic hydroxyl groups is 4. The van der Waals surface area contributed by atoms with Crippen molar-refractivity contribution in [3.05, 3.63) is 65.4 Å². The maximum atomic E-state index is 14.2. The maximum absolute atomic E-state index is 14.2. The van der Waals surface area contributed by atoms with E-state index in [0.717, 1.165) is 47.0 Å². The molecule has 15 heteroatoms. The predicted molar refractivity (Wildman–Crippen MR) is 147 cm³/mol. The number of aromatic nitrogens is 4. The van der Waals surface area contributed by atoms with Gasteiger partial charge in [-0.15, -0.1) is 16.9 Å². The first-order valence-corrected chi connectivity index (χ1v) is 15.2. The number of halogens is 5. The first-order chi connectivity index (χ1) is 20.9. The van der Waals surface area contributed by atoms with Gasteiger partial charge in [0.25, 0.3) is 0 Å². The molecule has 6 rings (SSSR count). The largest absolute Gasteiger partial charge is 0.394 e. The fraction of sp³-hybridized carbons (Fsp3) is 0.552. The Labute approximate surface area is 253 Å². The summed E-state index contributed by atoms with van der Waals surface area (Å²) in [5.41, 5.74) is -1.72. The van der Waals surface area contributed by atoms with Crippen LogP contribution in [-0.2, 0) is 4.74 Å². The first kappa shape index (κ1) is 31.3. The summed E-state index contributed by atoms with van der Waals surface area (Å²) in [4.78, 5) is 4.56. The number of ether oxygens (including phenoxy) is 1. The highest BCUT2D eigenvalue weighted by atomic mass is 32.2. The van der Waals surface area contributed by atoms with Gasteiger partial charge in [0.1, 0.15) is 35.5 Å². The van der Waals surface area contributed by atoms with Gasteiger partial charge in [-0.05, 0) is 55.4 Å². The van der Waals surface area contributed by atoms with Gasteiger partial charge in [-0.2, -0.15) is 0 Å². The lowest BCUT2D eigenvalue weighted by atomic mass is 9.78. The average Bonchev–Trinajstić information content (AvgIpc) is 3.74. The van der Waals surface area contributed by atoms with Crippen molar-refractivity contribution < 1.29 is 47.1 Å². The zero-order valence-electron chi connectivity index (χ0n) is 23.2. The van der Waals surface area contributed by atoms with Crippen molar-refractivity contribution in [1.82, 2.24) is 20.0 Å². The number of hydrogen-bond donors (Lipinski definition) is 4. The minimum Gasteiger partial charge on any atom is -0.394 e. The third-order valence-electron chi connectivity index (χ3n) is 8.69. The van der Waals surface area contributed by atoms with Crippen molar-refractivity contribution >= 4 is 11.8 Å². The van der Waals surface area contributed by atoms with Crippen LogP contribution in [0.1, 0.15) is 67.0 Å². The van der Waals surface area contributed by atoms with Crippen LogP contribution in [0.3, 0.4) is 0 Å². The molecule has 3 fully saturated rings. The third-order valence-corrected chi connectivity index (χ3v) is 10.3. The van der Waals surface area contributed by atoms with E-state index in [0.29, 0.717) is 5.69 Å². The van der Waals surface area contributed by atoms with Crippen LogP contribution in [-0.4, -0.2) is 82.3 Å². The molecular weight excluding hydrogens is 611 g/mol. The van der Waals surface area contributed by atoms with Crippen LogP contribution in [0.2, 0.25) is 0 Å². The zero-order chi connectivity index (χ0) is 31.4. The molecule has 0 radical (unpaired) electrons. The Hall–Kier alpha value is -2.69. The van der Waals surface area contributed by atoms with E-state index in [2.05, 4.69) is 15.3 Å². The lowest BCUT2D eigenvalue weighted by Gasteiger charge is -2.46. The predicted octanol–water partition coefficient (Wildman–Crippen LogP) is 4.03. The second kappa shape index (κ2) is 11.9. The van der Waals surface area contributed by atoms with Crippen molar-refractivity contribution in [1.29, 1.82) is 0 Å². The van der Waals surface area contributed by atoms with Crippen LogP contribution < -0.4 is 0 Å². The zero-order valence-corrected chi connectivity index (χ0v) is 24.1. The molecule has 3 heterocycles. The van der Waals surface area contributed by atoms with E-state index in [4.69, 9.17) is 4.74 Å². The summed E-state index contributed by atoms with van der Waals surface area (Å²) < 4.78 is 76.6. The second-order valence-corrected chi connectivity index (χ2v) is 13.0. The molecule has 238 valence electrons. The van der Waals surface area contributed by atoms with E-state index in [-0.39, 0.29) is 30.0 Å². The molecule has 4 N–H and O–H groups in total. The Bertz CT molecular complexity index is 1480. The molecule has 3 aromatic rings. The number of benzene rings is 1. The van der Waals surface area contributed by atoms with Gasteiger partial charge in [0, 0.05) is 24.6 Å². The summed E-state index contributed by atoms with van der Waals surface area (Å²) in [5.74, 6) is -7.27. The van der Waals surface area contributed by atoms with Gasteiger partial charge in [-0.25, -0.2) is 26.6 Å². The highest BCUT2D eigenvalue weighted by Crippen LogP contribution is 2.55. The lowest BCUT2D eigenvalue weighted by molar-refractivity contribution is -0.179. The summed E-state index contributed by atoms with van der Waals surface area (Å²) in [7, 11) is 0. The number of nitrogens with zero attached hydrogens (tertiary/aromatic N) is 4. The summed E-state index contributed by atoms with van der Waals surface area (Å²) in [6, 6.07) is 3.80. The molecule has 6 atom stereocenters. The van der Waals surface area contributed by atoms with Crippen molar-refractivity contribution in [2.45, 2.75) is 91.0 Å². The highest BCUT2D eigenvalue weighted by Gasteiger charge is 2.53. The van der Waals surface area contributed by atoms with Gasteiger partial charge >= 0.3 is 0 Å².